The van der Waals surface area contributed by atoms with Crippen molar-refractivity contribution in [1.29, 1.82) is 0 Å². The van der Waals surface area contributed by atoms with Crippen LogP contribution in [-0.4, -0.2) is 17.6 Å². The molecule has 2 aromatic carbocycles. The summed E-state index contributed by atoms with van der Waals surface area (Å²) in [7, 11) is 0. The van der Waals surface area contributed by atoms with Gasteiger partial charge in [0.15, 0.2) is 0 Å². The van der Waals surface area contributed by atoms with Crippen molar-refractivity contribution in [1.82, 2.24) is 5.32 Å². The summed E-state index contributed by atoms with van der Waals surface area (Å²) >= 11 is 0. The second kappa shape index (κ2) is 6.16. The minimum atomic E-state index is -0.685. The number of aliphatic hydroxyl groups excluding tert-OH is 1. The number of hydrogen-bond acceptors (Lipinski definition) is 2. The van der Waals surface area contributed by atoms with E-state index in [1.165, 1.54) is 0 Å². The number of amides is 1. The number of carbonyl (C=O) groups excluding carboxylic acids is 1. The summed E-state index contributed by atoms with van der Waals surface area (Å²) in [6.45, 7) is 2.18. The van der Waals surface area contributed by atoms with Crippen molar-refractivity contribution in [3.8, 4) is 0 Å². The van der Waals surface area contributed by atoms with Gasteiger partial charge >= 0.3 is 0 Å². The van der Waals surface area contributed by atoms with Gasteiger partial charge in [0, 0.05) is 12.1 Å². The van der Waals surface area contributed by atoms with Gasteiger partial charge in [0.25, 0.3) is 5.91 Å². The maximum atomic E-state index is 11.9. The summed E-state index contributed by atoms with van der Waals surface area (Å²) in [5.74, 6) is -0.171. The van der Waals surface area contributed by atoms with E-state index in [1.54, 1.807) is 12.1 Å². The quantitative estimate of drug-likeness (QED) is 0.881. The topological polar surface area (TPSA) is 49.3 Å². The van der Waals surface area contributed by atoms with E-state index < -0.39 is 6.10 Å². The molecule has 0 aliphatic heterocycles. The minimum absolute atomic E-state index is 0.171. The zero-order valence-electron chi connectivity index (χ0n) is 10.8. The summed E-state index contributed by atoms with van der Waals surface area (Å²) in [5.41, 5.74) is 2.51. The van der Waals surface area contributed by atoms with E-state index in [9.17, 15) is 9.90 Å². The van der Waals surface area contributed by atoms with E-state index >= 15 is 0 Å². The first-order chi connectivity index (χ1) is 9.16. The Morgan fingerprint density at radius 1 is 1.11 bits per heavy atom. The fraction of sp³-hybridized carbons (Fsp3) is 0.188. The molecule has 0 saturated carbocycles. The predicted octanol–water partition coefficient (Wildman–Crippen LogP) is 2.46. The highest BCUT2D eigenvalue weighted by atomic mass is 16.3. The summed E-state index contributed by atoms with van der Waals surface area (Å²) in [4.78, 5) is 11.9. The van der Waals surface area contributed by atoms with Crippen molar-refractivity contribution in [2.45, 2.75) is 13.0 Å². The van der Waals surface area contributed by atoms with Crippen LogP contribution in [-0.2, 0) is 0 Å². The SMILES string of the molecule is Cc1ccc(C(=O)NCC(O)c2ccccc2)cc1. The number of aryl methyl sites for hydroxylation is 1. The Morgan fingerprint density at radius 3 is 2.37 bits per heavy atom. The lowest BCUT2D eigenvalue weighted by molar-refractivity contribution is 0.0916. The van der Waals surface area contributed by atoms with Gasteiger partial charge < -0.3 is 10.4 Å². The van der Waals surface area contributed by atoms with Gasteiger partial charge in [-0.15, -0.1) is 0 Å². The van der Waals surface area contributed by atoms with Gasteiger partial charge in [0.1, 0.15) is 0 Å². The van der Waals surface area contributed by atoms with Crippen molar-refractivity contribution < 1.29 is 9.90 Å². The fourth-order valence-electron chi connectivity index (χ4n) is 1.79. The molecule has 0 saturated heterocycles. The standard InChI is InChI=1S/C16H17NO2/c1-12-7-9-14(10-8-12)16(19)17-11-15(18)13-5-3-2-4-6-13/h2-10,15,18H,11H2,1H3,(H,17,19). The summed E-state index contributed by atoms with van der Waals surface area (Å²) in [5, 5.41) is 12.7. The van der Waals surface area contributed by atoms with Crippen molar-refractivity contribution in [2.75, 3.05) is 6.54 Å². The molecule has 0 aliphatic rings. The number of aliphatic hydroxyl groups is 1. The maximum Gasteiger partial charge on any atom is 0.251 e. The molecule has 19 heavy (non-hydrogen) atoms. The Balaban J connectivity index is 1.92. The Bertz CT molecular complexity index is 534. The van der Waals surface area contributed by atoms with Crippen LogP contribution in [0.25, 0.3) is 0 Å². The molecule has 1 amide bonds. The first-order valence-corrected chi connectivity index (χ1v) is 6.24. The van der Waals surface area contributed by atoms with Gasteiger partial charge in [-0.25, -0.2) is 0 Å². The van der Waals surface area contributed by atoms with Crippen LogP contribution in [0.3, 0.4) is 0 Å². The Hall–Kier alpha value is -2.13. The monoisotopic (exact) mass is 255 g/mol. The number of nitrogens with one attached hydrogen (secondary N) is 1. The summed E-state index contributed by atoms with van der Waals surface area (Å²) in [6, 6.07) is 16.6. The zero-order valence-corrected chi connectivity index (χ0v) is 10.8. The van der Waals surface area contributed by atoms with Crippen LogP contribution in [0.1, 0.15) is 27.6 Å². The average molecular weight is 255 g/mol. The third-order valence-corrected chi connectivity index (χ3v) is 2.95. The van der Waals surface area contributed by atoms with Crippen molar-refractivity contribution in [3.63, 3.8) is 0 Å². The molecule has 0 aliphatic carbocycles. The van der Waals surface area contributed by atoms with Crippen LogP contribution in [0.5, 0.6) is 0 Å². The minimum Gasteiger partial charge on any atom is -0.387 e. The van der Waals surface area contributed by atoms with Crippen LogP contribution in [0.2, 0.25) is 0 Å². The van der Waals surface area contributed by atoms with Crippen LogP contribution in [0.4, 0.5) is 0 Å². The first kappa shape index (κ1) is 13.3. The number of carbonyl (C=O) groups is 1. The van der Waals surface area contributed by atoms with Gasteiger partial charge in [-0.2, -0.15) is 0 Å². The highest BCUT2D eigenvalue weighted by Gasteiger charge is 2.10. The molecule has 3 nitrogen and oxygen atoms in total. The third-order valence-electron chi connectivity index (χ3n) is 2.95. The van der Waals surface area contributed by atoms with E-state index in [2.05, 4.69) is 5.32 Å². The van der Waals surface area contributed by atoms with Crippen LogP contribution in [0.15, 0.2) is 54.6 Å². The Morgan fingerprint density at radius 2 is 1.74 bits per heavy atom. The molecule has 0 bridgehead atoms. The second-order valence-electron chi connectivity index (χ2n) is 4.50. The molecule has 0 heterocycles. The van der Waals surface area contributed by atoms with Gasteiger partial charge in [-0.05, 0) is 24.6 Å². The third kappa shape index (κ3) is 3.66. The smallest absolute Gasteiger partial charge is 0.251 e. The van der Waals surface area contributed by atoms with E-state index in [-0.39, 0.29) is 12.5 Å². The lowest BCUT2D eigenvalue weighted by Crippen LogP contribution is -2.28. The molecule has 2 rings (SSSR count). The van der Waals surface area contributed by atoms with Gasteiger partial charge in [0.05, 0.1) is 6.10 Å². The van der Waals surface area contributed by atoms with Gasteiger partial charge in [0.2, 0.25) is 0 Å². The normalized spacial score (nSPS) is 11.9. The zero-order chi connectivity index (χ0) is 13.7. The fourth-order valence-corrected chi connectivity index (χ4v) is 1.79. The van der Waals surface area contributed by atoms with Crippen molar-refractivity contribution in [3.05, 3.63) is 71.3 Å². The highest BCUT2D eigenvalue weighted by Crippen LogP contribution is 2.11. The number of rotatable bonds is 4. The van der Waals surface area contributed by atoms with Crippen LogP contribution in [0, 0.1) is 6.92 Å². The lowest BCUT2D eigenvalue weighted by atomic mass is 10.1. The van der Waals surface area contributed by atoms with Gasteiger partial charge in [-0.1, -0.05) is 48.0 Å². The molecule has 2 N–H and O–H groups in total. The lowest BCUT2D eigenvalue weighted by Gasteiger charge is -2.12. The summed E-state index contributed by atoms with van der Waals surface area (Å²) in [6.07, 6.45) is -0.685. The van der Waals surface area contributed by atoms with Crippen molar-refractivity contribution in [2.24, 2.45) is 0 Å². The first-order valence-electron chi connectivity index (χ1n) is 6.24. The maximum absolute atomic E-state index is 11.9. The molecule has 98 valence electrons. The van der Waals surface area contributed by atoms with Crippen LogP contribution < -0.4 is 5.32 Å². The molecule has 1 atom stereocenters. The molecule has 2 aromatic rings. The Labute approximate surface area is 112 Å². The molecule has 3 heteroatoms. The average Bonchev–Trinajstić information content (AvgIpc) is 2.46. The van der Waals surface area contributed by atoms with E-state index in [1.807, 2.05) is 49.4 Å². The van der Waals surface area contributed by atoms with E-state index in [4.69, 9.17) is 0 Å². The molecule has 1 unspecified atom stereocenters. The molecule has 0 fully saturated rings. The van der Waals surface area contributed by atoms with Crippen LogP contribution >= 0.6 is 0 Å². The second-order valence-corrected chi connectivity index (χ2v) is 4.50. The molecular formula is C16H17NO2. The van der Waals surface area contributed by atoms with Crippen molar-refractivity contribution >= 4 is 5.91 Å². The summed E-state index contributed by atoms with van der Waals surface area (Å²) < 4.78 is 0. The molecule has 0 spiro atoms. The highest BCUT2D eigenvalue weighted by molar-refractivity contribution is 5.94. The van der Waals surface area contributed by atoms with E-state index in [0.717, 1.165) is 11.1 Å². The number of benzene rings is 2. The Kier molecular flexibility index (Phi) is 4.31. The van der Waals surface area contributed by atoms with Gasteiger partial charge in [-0.3, -0.25) is 4.79 Å². The predicted molar refractivity (Wildman–Crippen MR) is 74.9 cm³/mol. The largest absolute Gasteiger partial charge is 0.387 e. The van der Waals surface area contributed by atoms with E-state index in [0.29, 0.717) is 5.56 Å². The molecular weight excluding hydrogens is 238 g/mol. The molecule has 0 aromatic heterocycles. The molecule has 0 radical (unpaired) electrons. The number of hydrogen-bond donors (Lipinski definition) is 2.